The summed E-state index contributed by atoms with van der Waals surface area (Å²) in [6.07, 6.45) is 3.59. The minimum atomic E-state index is 0.728. The maximum Gasteiger partial charge on any atom is 0.225 e. The summed E-state index contributed by atoms with van der Waals surface area (Å²) in [6.45, 7) is 5.67. The lowest BCUT2D eigenvalue weighted by atomic mass is 10.3. The van der Waals surface area contributed by atoms with Crippen LogP contribution >= 0.6 is 0 Å². The van der Waals surface area contributed by atoms with Crippen LogP contribution in [0.4, 0.5) is 5.95 Å². The van der Waals surface area contributed by atoms with E-state index in [2.05, 4.69) is 19.8 Å². The smallest absolute Gasteiger partial charge is 0.225 e. The van der Waals surface area contributed by atoms with Crippen molar-refractivity contribution in [3.8, 4) is 5.75 Å². The van der Waals surface area contributed by atoms with E-state index >= 15 is 0 Å². The second kappa shape index (κ2) is 7.04. The molecule has 1 saturated heterocycles. The summed E-state index contributed by atoms with van der Waals surface area (Å²) < 4.78 is 5.74. The number of piperazine rings is 1. The second-order valence-corrected chi connectivity index (χ2v) is 5.04. The van der Waals surface area contributed by atoms with Crippen LogP contribution in [0.3, 0.4) is 0 Å². The molecule has 110 valence electrons. The first kappa shape index (κ1) is 13.8. The van der Waals surface area contributed by atoms with Gasteiger partial charge in [0.15, 0.2) is 0 Å². The number of hydrogen-bond donors (Lipinski definition) is 0. The van der Waals surface area contributed by atoms with Crippen LogP contribution in [-0.4, -0.2) is 54.2 Å². The van der Waals surface area contributed by atoms with Crippen LogP contribution in [0.2, 0.25) is 0 Å². The highest BCUT2D eigenvalue weighted by atomic mass is 16.5. The van der Waals surface area contributed by atoms with Gasteiger partial charge >= 0.3 is 0 Å². The molecule has 0 radical (unpaired) electrons. The van der Waals surface area contributed by atoms with Crippen molar-refractivity contribution in [2.24, 2.45) is 0 Å². The number of anilines is 1. The topological polar surface area (TPSA) is 41.5 Å². The van der Waals surface area contributed by atoms with Gasteiger partial charge in [0.05, 0.1) is 0 Å². The van der Waals surface area contributed by atoms with Gasteiger partial charge in [-0.3, -0.25) is 4.90 Å². The van der Waals surface area contributed by atoms with Gasteiger partial charge in [-0.15, -0.1) is 0 Å². The van der Waals surface area contributed by atoms with E-state index in [9.17, 15) is 0 Å². The highest BCUT2D eigenvalue weighted by Crippen LogP contribution is 2.11. The molecule has 2 heterocycles. The number of hydrogen-bond acceptors (Lipinski definition) is 5. The lowest BCUT2D eigenvalue weighted by Gasteiger charge is -2.34. The molecule has 0 aliphatic carbocycles. The third kappa shape index (κ3) is 3.92. The van der Waals surface area contributed by atoms with Gasteiger partial charge in [-0.1, -0.05) is 18.2 Å². The number of ether oxygens (including phenoxy) is 1. The van der Waals surface area contributed by atoms with E-state index in [0.717, 1.165) is 51.0 Å². The number of rotatable bonds is 5. The highest BCUT2D eigenvalue weighted by molar-refractivity contribution is 5.29. The molecule has 0 amide bonds. The van der Waals surface area contributed by atoms with Crippen LogP contribution in [0.15, 0.2) is 48.8 Å². The Morgan fingerprint density at radius 1 is 0.905 bits per heavy atom. The molecular weight excluding hydrogens is 264 g/mol. The predicted molar refractivity (Wildman–Crippen MR) is 82.6 cm³/mol. The van der Waals surface area contributed by atoms with Gasteiger partial charge in [0.1, 0.15) is 12.4 Å². The van der Waals surface area contributed by atoms with Crippen molar-refractivity contribution in [1.29, 1.82) is 0 Å². The molecular formula is C16H20N4O. The standard InChI is InChI=1S/C16H20N4O/c1-2-5-15(6-3-1)21-14-13-19-9-11-20(12-10-19)16-17-7-4-8-18-16/h1-8H,9-14H2. The van der Waals surface area contributed by atoms with Crippen LogP contribution < -0.4 is 9.64 Å². The van der Waals surface area contributed by atoms with E-state index in [-0.39, 0.29) is 0 Å². The van der Waals surface area contributed by atoms with Gasteiger partial charge in [-0.05, 0) is 18.2 Å². The van der Waals surface area contributed by atoms with E-state index in [1.807, 2.05) is 36.4 Å². The Kier molecular flexibility index (Phi) is 4.63. The summed E-state index contributed by atoms with van der Waals surface area (Å²) >= 11 is 0. The molecule has 5 nitrogen and oxygen atoms in total. The summed E-state index contributed by atoms with van der Waals surface area (Å²) in [5.41, 5.74) is 0. The Balaban J connectivity index is 1.40. The lowest BCUT2D eigenvalue weighted by Crippen LogP contribution is -2.48. The Bertz CT molecular complexity index is 524. The summed E-state index contributed by atoms with van der Waals surface area (Å²) in [6, 6.07) is 11.8. The van der Waals surface area contributed by atoms with Gasteiger partial charge in [-0.25, -0.2) is 9.97 Å². The highest BCUT2D eigenvalue weighted by Gasteiger charge is 2.18. The van der Waals surface area contributed by atoms with Gasteiger partial charge in [-0.2, -0.15) is 0 Å². The third-order valence-electron chi connectivity index (χ3n) is 3.63. The molecule has 3 rings (SSSR count). The molecule has 1 aromatic heterocycles. The number of aromatic nitrogens is 2. The van der Waals surface area contributed by atoms with E-state index in [0.29, 0.717) is 0 Å². The zero-order valence-corrected chi connectivity index (χ0v) is 12.1. The number of para-hydroxylation sites is 1. The van der Waals surface area contributed by atoms with Crippen LogP contribution in [-0.2, 0) is 0 Å². The van der Waals surface area contributed by atoms with Crippen molar-refractivity contribution in [3.05, 3.63) is 48.8 Å². The molecule has 0 atom stereocenters. The van der Waals surface area contributed by atoms with Crippen molar-refractivity contribution in [3.63, 3.8) is 0 Å². The summed E-state index contributed by atoms with van der Waals surface area (Å²) in [5, 5.41) is 0. The largest absolute Gasteiger partial charge is 0.492 e. The zero-order chi connectivity index (χ0) is 14.3. The SMILES string of the molecule is c1ccc(OCCN2CCN(c3ncccn3)CC2)cc1. The molecule has 21 heavy (non-hydrogen) atoms. The molecule has 0 bridgehead atoms. The molecule has 1 fully saturated rings. The Labute approximate surface area is 125 Å². The second-order valence-electron chi connectivity index (χ2n) is 5.04. The minimum Gasteiger partial charge on any atom is -0.492 e. The van der Waals surface area contributed by atoms with Gasteiger partial charge < -0.3 is 9.64 Å². The maximum absolute atomic E-state index is 5.74. The fraction of sp³-hybridized carbons (Fsp3) is 0.375. The van der Waals surface area contributed by atoms with E-state index < -0.39 is 0 Å². The molecule has 5 heteroatoms. The fourth-order valence-electron chi connectivity index (χ4n) is 2.44. The normalized spacial score (nSPS) is 15.9. The van der Waals surface area contributed by atoms with Crippen LogP contribution in [0.25, 0.3) is 0 Å². The van der Waals surface area contributed by atoms with Crippen LogP contribution in [0, 0.1) is 0 Å². The predicted octanol–water partition coefficient (Wildman–Crippen LogP) is 1.68. The molecule has 0 saturated carbocycles. The van der Waals surface area contributed by atoms with Crippen molar-refractivity contribution < 1.29 is 4.74 Å². The van der Waals surface area contributed by atoms with Gasteiger partial charge in [0.25, 0.3) is 0 Å². The molecule has 1 aliphatic heterocycles. The first-order valence-corrected chi connectivity index (χ1v) is 7.34. The molecule has 0 unspecified atom stereocenters. The van der Waals surface area contributed by atoms with Gasteiger partial charge in [0, 0.05) is 45.1 Å². The average molecular weight is 284 g/mol. The minimum absolute atomic E-state index is 0.728. The van der Waals surface area contributed by atoms with E-state index in [1.54, 1.807) is 12.4 Å². The van der Waals surface area contributed by atoms with Crippen LogP contribution in [0.1, 0.15) is 0 Å². The first-order valence-electron chi connectivity index (χ1n) is 7.34. The average Bonchev–Trinajstić information content (AvgIpc) is 2.57. The molecule has 1 aromatic carbocycles. The number of benzene rings is 1. The summed E-state index contributed by atoms with van der Waals surface area (Å²) in [4.78, 5) is 13.3. The molecule has 0 N–H and O–H groups in total. The fourth-order valence-corrected chi connectivity index (χ4v) is 2.44. The van der Waals surface area contributed by atoms with E-state index in [4.69, 9.17) is 4.74 Å². The van der Waals surface area contributed by atoms with Crippen molar-refractivity contribution in [1.82, 2.24) is 14.9 Å². The Hall–Kier alpha value is -2.14. The van der Waals surface area contributed by atoms with Crippen molar-refractivity contribution in [2.75, 3.05) is 44.2 Å². The summed E-state index contributed by atoms with van der Waals surface area (Å²) in [5.74, 6) is 1.77. The van der Waals surface area contributed by atoms with Gasteiger partial charge in [0.2, 0.25) is 5.95 Å². The molecule has 0 spiro atoms. The zero-order valence-electron chi connectivity index (χ0n) is 12.1. The molecule has 1 aliphatic rings. The Morgan fingerprint density at radius 3 is 2.33 bits per heavy atom. The lowest BCUT2D eigenvalue weighted by molar-refractivity contribution is 0.200. The van der Waals surface area contributed by atoms with E-state index in [1.165, 1.54) is 0 Å². The van der Waals surface area contributed by atoms with Crippen molar-refractivity contribution >= 4 is 5.95 Å². The Morgan fingerprint density at radius 2 is 1.62 bits per heavy atom. The monoisotopic (exact) mass is 284 g/mol. The van der Waals surface area contributed by atoms with Crippen molar-refractivity contribution in [2.45, 2.75) is 0 Å². The first-order chi connectivity index (χ1) is 10.4. The number of nitrogens with zero attached hydrogens (tertiary/aromatic N) is 4. The molecule has 2 aromatic rings. The van der Waals surface area contributed by atoms with Crippen LogP contribution in [0.5, 0.6) is 5.75 Å². The maximum atomic E-state index is 5.74. The third-order valence-corrected chi connectivity index (χ3v) is 3.63. The summed E-state index contributed by atoms with van der Waals surface area (Å²) in [7, 11) is 0. The quantitative estimate of drug-likeness (QED) is 0.835.